The molecule has 2 N–H and O–H groups in total. The summed E-state index contributed by atoms with van der Waals surface area (Å²) in [5.41, 5.74) is 2.33. The molecule has 122 valence electrons. The molecule has 0 spiro atoms. The lowest BCUT2D eigenvalue weighted by molar-refractivity contribution is -0.127. The van der Waals surface area contributed by atoms with E-state index < -0.39 is 0 Å². The number of fused-ring (bicyclic) bond motifs is 2. The summed E-state index contributed by atoms with van der Waals surface area (Å²) in [6.07, 6.45) is 3.19. The van der Waals surface area contributed by atoms with Gasteiger partial charge in [-0.3, -0.25) is 10.1 Å². The summed E-state index contributed by atoms with van der Waals surface area (Å²) in [4.78, 5) is 14.1. The van der Waals surface area contributed by atoms with Crippen LogP contribution >= 0.6 is 11.8 Å². The average molecular weight is 332 g/mol. The zero-order chi connectivity index (χ0) is 16.0. The molecule has 0 bridgehead atoms. The lowest BCUT2D eigenvalue weighted by Crippen LogP contribution is -2.54. The zero-order valence-electron chi connectivity index (χ0n) is 13.2. The molecule has 2 aliphatic heterocycles. The number of benzene rings is 1. The van der Waals surface area contributed by atoms with Gasteiger partial charge in [0.25, 0.3) is 0 Å². The Labute approximate surface area is 139 Å². The molecule has 1 aliphatic carbocycles. The van der Waals surface area contributed by atoms with Gasteiger partial charge in [-0.15, -0.1) is 11.8 Å². The van der Waals surface area contributed by atoms with Crippen molar-refractivity contribution in [2.45, 2.75) is 30.8 Å². The van der Waals surface area contributed by atoms with Crippen molar-refractivity contribution in [2.24, 2.45) is 5.92 Å². The Hall–Kier alpha value is -1.66. The fourth-order valence-electron chi connectivity index (χ4n) is 3.68. The van der Waals surface area contributed by atoms with Crippen LogP contribution in [0.5, 0.6) is 11.5 Å². The normalized spacial score (nSPS) is 29.1. The molecule has 23 heavy (non-hydrogen) atoms. The quantitative estimate of drug-likeness (QED) is 0.891. The van der Waals surface area contributed by atoms with Crippen molar-refractivity contribution in [3.8, 4) is 11.5 Å². The first-order valence-corrected chi connectivity index (χ1v) is 8.76. The minimum absolute atomic E-state index is 0.00565. The highest BCUT2D eigenvalue weighted by Gasteiger charge is 2.46. The second-order valence-corrected chi connectivity index (χ2v) is 7.28. The minimum Gasteiger partial charge on any atom is -0.493 e. The SMILES string of the molecule is COc1ccc(C2NC(=O)C3C4=C(CCC4)SC3N2)cc1OC. The van der Waals surface area contributed by atoms with Crippen molar-refractivity contribution in [2.75, 3.05) is 14.2 Å². The largest absolute Gasteiger partial charge is 0.493 e. The van der Waals surface area contributed by atoms with Gasteiger partial charge in [0.05, 0.1) is 25.5 Å². The van der Waals surface area contributed by atoms with E-state index in [4.69, 9.17) is 9.47 Å². The molecule has 6 heteroatoms. The molecule has 0 aromatic heterocycles. The Balaban J connectivity index is 1.58. The first-order valence-electron chi connectivity index (χ1n) is 7.88. The van der Waals surface area contributed by atoms with E-state index in [1.807, 2.05) is 30.0 Å². The van der Waals surface area contributed by atoms with Gasteiger partial charge in [0, 0.05) is 0 Å². The summed E-state index contributed by atoms with van der Waals surface area (Å²) in [7, 11) is 3.23. The second kappa shape index (κ2) is 5.76. The van der Waals surface area contributed by atoms with Crippen molar-refractivity contribution < 1.29 is 14.3 Å². The van der Waals surface area contributed by atoms with Crippen molar-refractivity contribution in [3.63, 3.8) is 0 Å². The minimum atomic E-state index is -0.198. The smallest absolute Gasteiger partial charge is 0.231 e. The third kappa shape index (κ3) is 2.40. The summed E-state index contributed by atoms with van der Waals surface area (Å²) < 4.78 is 10.6. The van der Waals surface area contributed by atoms with E-state index in [0.717, 1.165) is 18.4 Å². The Morgan fingerprint density at radius 3 is 2.78 bits per heavy atom. The topological polar surface area (TPSA) is 59.6 Å². The van der Waals surface area contributed by atoms with E-state index >= 15 is 0 Å². The molecule has 2 heterocycles. The number of thioether (sulfide) groups is 1. The maximum absolute atomic E-state index is 12.6. The predicted molar refractivity (Wildman–Crippen MR) is 89.3 cm³/mol. The molecule has 0 saturated carbocycles. The van der Waals surface area contributed by atoms with E-state index in [2.05, 4.69) is 10.6 Å². The standard InChI is InChI=1S/C17H20N2O3S/c1-21-11-7-6-9(8-12(11)22-2)15-18-16(20)14-10-4-3-5-13(10)23-17(14)19-15/h6-8,14-15,17,19H,3-5H2,1-2H3,(H,18,20). The predicted octanol–water partition coefficient (Wildman–Crippen LogP) is 2.55. The number of carbonyl (C=O) groups is 1. The number of nitrogens with one attached hydrogen (secondary N) is 2. The van der Waals surface area contributed by atoms with Crippen molar-refractivity contribution in [3.05, 3.63) is 34.2 Å². The maximum Gasteiger partial charge on any atom is 0.231 e. The number of carbonyl (C=O) groups excluding carboxylic acids is 1. The summed E-state index contributed by atoms with van der Waals surface area (Å²) in [6.45, 7) is 0. The van der Waals surface area contributed by atoms with Crippen LogP contribution in [0.15, 0.2) is 28.7 Å². The van der Waals surface area contributed by atoms with Crippen LogP contribution in [0.25, 0.3) is 0 Å². The molecule has 0 radical (unpaired) electrons. The van der Waals surface area contributed by atoms with Gasteiger partial charge in [-0.1, -0.05) is 6.07 Å². The average Bonchev–Trinajstić information content (AvgIpc) is 3.14. The first-order chi connectivity index (χ1) is 11.2. The second-order valence-electron chi connectivity index (χ2n) is 6.04. The van der Waals surface area contributed by atoms with E-state index in [-0.39, 0.29) is 23.4 Å². The number of allylic oxidation sites excluding steroid dienone is 1. The Kier molecular flexibility index (Phi) is 3.73. The van der Waals surface area contributed by atoms with Gasteiger partial charge in [-0.2, -0.15) is 0 Å². The fourth-order valence-corrected chi connectivity index (χ4v) is 5.26. The van der Waals surface area contributed by atoms with Gasteiger partial charge < -0.3 is 14.8 Å². The van der Waals surface area contributed by atoms with E-state index in [9.17, 15) is 4.79 Å². The third-order valence-electron chi connectivity index (χ3n) is 4.80. The van der Waals surface area contributed by atoms with Crippen LogP contribution in [0.4, 0.5) is 0 Å². The zero-order valence-corrected chi connectivity index (χ0v) is 14.0. The lowest BCUT2D eigenvalue weighted by atomic mass is 9.94. The van der Waals surface area contributed by atoms with Crippen molar-refractivity contribution in [1.29, 1.82) is 0 Å². The molecule has 1 aromatic carbocycles. The molecular formula is C17H20N2O3S. The van der Waals surface area contributed by atoms with Crippen LogP contribution in [0, 0.1) is 5.92 Å². The van der Waals surface area contributed by atoms with Gasteiger partial charge in [0.1, 0.15) is 6.17 Å². The lowest BCUT2D eigenvalue weighted by Gasteiger charge is -2.35. The molecule has 1 aromatic rings. The van der Waals surface area contributed by atoms with Crippen LogP contribution in [0.1, 0.15) is 31.0 Å². The molecule has 1 fully saturated rings. The monoisotopic (exact) mass is 332 g/mol. The van der Waals surface area contributed by atoms with Crippen molar-refractivity contribution in [1.82, 2.24) is 10.6 Å². The van der Waals surface area contributed by atoms with Gasteiger partial charge in [0.2, 0.25) is 5.91 Å². The van der Waals surface area contributed by atoms with Gasteiger partial charge in [-0.05, 0) is 47.4 Å². The molecule has 1 saturated heterocycles. The number of amides is 1. The van der Waals surface area contributed by atoms with E-state index in [1.54, 1.807) is 14.2 Å². The third-order valence-corrected chi connectivity index (χ3v) is 6.21. The number of ether oxygens (including phenoxy) is 2. The summed E-state index contributed by atoms with van der Waals surface area (Å²) in [6, 6.07) is 5.74. The Bertz CT molecular complexity index is 688. The highest BCUT2D eigenvalue weighted by Crippen LogP contribution is 2.51. The molecular weight excluding hydrogens is 312 g/mol. The highest BCUT2D eigenvalue weighted by atomic mass is 32.2. The van der Waals surface area contributed by atoms with Crippen LogP contribution in [-0.4, -0.2) is 25.5 Å². The number of hydrogen-bond donors (Lipinski definition) is 2. The van der Waals surface area contributed by atoms with Gasteiger partial charge in [-0.25, -0.2) is 0 Å². The summed E-state index contributed by atoms with van der Waals surface area (Å²) >= 11 is 1.84. The summed E-state index contributed by atoms with van der Waals surface area (Å²) in [5.74, 6) is 1.48. The maximum atomic E-state index is 12.6. The number of methoxy groups -OCH3 is 2. The number of hydrogen-bond acceptors (Lipinski definition) is 5. The fraction of sp³-hybridized carbons (Fsp3) is 0.471. The van der Waals surface area contributed by atoms with Gasteiger partial charge in [0.15, 0.2) is 11.5 Å². The van der Waals surface area contributed by atoms with Gasteiger partial charge >= 0.3 is 0 Å². The Morgan fingerprint density at radius 2 is 2.00 bits per heavy atom. The van der Waals surface area contributed by atoms with Crippen molar-refractivity contribution >= 4 is 17.7 Å². The molecule has 5 nitrogen and oxygen atoms in total. The molecule has 3 unspecified atom stereocenters. The summed E-state index contributed by atoms with van der Waals surface area (Å²) in [5, 5.41) is 6.83. The van der Waals surface area contributed by atoms with Crippen LogP contribution in [0.3, 0.4) is 0 Å². The molecule has 3 atom stereocenters. The van der Waals surface area contributed by atoms with Crippen LogP contribution in [0.2, 0.25) is 0 Å². The van der Waals surface area contributed by atoms with Crippen LogP contribution < -0.4 is 20.1 Å². The highest BCUT2D eigenvalue weighted by molar-refractivity contribution is 8.04. The number of rotatable bonds is 3. The first kappa shape index (κ1) is 14.9. The van der Waals surface area contributed by atoms with E-state index in [1.165, 1.54) is 16.9 Å². The molecule has 4 rings (SSSR count). The Morgan fingerprint density at radius 1 is 1.17 bits per heavy atom. The molecule has 1 amide bonds. The molecule has 3 aliphatic rings. The van der Waals surface area contributed by atoms with Crippen LogP contribution in [-0.2, 0) is 4.79 Å². The van der Waals surface area contributed by atoms with E-state index in [0.29, 0.717) is 11.5 Å².